The molecule has 1 atom stereocenters. The monoisotopic (exact) mass is 302 g/mol. The van der Waals surface area contributed by atoms with Crippen LogP contribution < -0.4 is 0 Å². The lowest BCUT2D eigenvalue weighted by atomic mass is 9.61. The number of aliphatic carboxylic acids is 1. The van der Waals surface area contributed by atoms with Crippen molar-refractivity contribution in [1.82, 2.24) is 0 Å². The summed E-state index contributed by atoms with van der Waals surface area (Å²) in [5, 5.41) is 9.61. The molecule has 3 aliphatic rings. The molecule has 0 saturated heterocycles. The van der Waals surface area contributed by atoms with E-state index < -0.39 is 17.9 Å². The Labute approximate surface area is 130 Å². The van der Waals surface area contributed by atoms with E-state index in [-0.39, 0.29) is 5.41 Å². The zero-order chi connectivity index (χ0) is 15.8. The van der Waals surface area contributed by atoms with E-state index in [4.69, 9.17) is 9.47 Å². The van der Waals surface area contributed by atoms with Gasteiger partial charge in [-0.15, -0.1) is 0 Å². The van der Waals surface area contributed by atoms with E-state index in [1.54, 1.807) is 7.11 Å². The summed E-state index contributed by atoms with van der Waals surface area (Å²) in [4.78, 5) is 11.7. The maximum absolute atomic E-state index is 11.7. The highest BCUT2D eigenvalue weighted by Gasteiger charge is 2.51. The highest BCUT2D eigenvalue weighted by molar-refractivity contribution is 5.89. The van der Waals surface area contributed by atoms with Crippen LogP contribution in [0.15, 0.2) is 42.0 Å². The van der Waals surface area contributed by atoms with Crippen molar-refractivity contribution in [3.8, 4) is 0 Å². The third kappa shape index (κ3) is 2.57. The number of allylic oxidation sites excluding steroid dienone is 1. The van der Waals surface area contributed by atoms with Gasteiger partial charge in [0.15, 0.2) is 6.29 Å². The van der Waals surface area contributed by atoms with Crippen LogP contribution in [0.2, 0.25) is 0 Å². The lowest BCUT2D eigenvalue weighted by Gasteiger charge is -2.50. The van der Waals surface area contributed by atoms with E-state index >= 15 is 0 Å². The number of ether oxygens (including phenoxy) is 2. The zero-order valence-corrected chi connectivity index (χ0v) is 13.0. The molecule has 0 radical (unpaired) electrons. The minimum Gasteiger partial charge on any atom is -0.478 e. The fourth-order valence-electron chi connectivity index (χ4n) is 3.62. The molecule has 2 bridgehead atoms. The maximum atomic E-state index is 11.7. The molecule has 1 aromatic rings. The normalized spacial score (nSPS) is 31.6. The van der Waals surface area contributed by atoms with Crippen molar-refractivity contribution >= 4 is 5.97 Å². The van der Waals surface area contributed by atoms with Gasteiger partial charge in [0.05, 0.1) is 5.57 Å². The van der Waals surface area contributed by atoms with Crippen molar-refractivity contribution in [3.63, 3.8) is 0 Å². The Morgan fingerprint density at radius 2 is 1.82 bits per heavy atom. The standard InChI is InChI=1S/C18H22O4/c1-17-8-10-18(11-9-17,14(12-17)15(19)20)22-16(21-2)13-6-4-3-5-7-13/h3-7,12,16H,8-11H2,1-2H3,(H,19,20). The average Bonchev–Trinajstić information content (AvgIpc) is 2.54. The second kappa shape index (κ2) is 5.52. The quantitative estimate of drug-likeness (QED) is 0.843. The molecule has 1 N–H and O–H groups in total. The first-order chi connectivity index (χ1) is 10.5. The summed E-state index contributed by atoms with van der Waals surface area (Å²) in [6.07, 6.45) is 4.72. The Balaban J connectivity index is 1.92. The second-order valence-corrected chi connectivity index (χ2v) is 6.61. The van der Waals surface area contributed by atoms with Crippen LogP contribution in [0.1, 0.15) is 44.5 Å². The van der Waals surface area contributed by atoms with Crippen molar-refractivity contribution < 1.29 is 19.4 Å². The molecule has 1 aromatic carbocycles. The van der Waals surface area contributed by atoms with Gasteiger partial charge in [0, 0.05) is 12.7 Å². The number of methoxy groups -OCH3 is 1. The van der Waals surface area contributed by atoms with Gasteiger partial charge in [0.25, 0.3) is 0 Å². The molecular formula is C18H22O4. The molecule has 0 aliphatic heterocycles. The third-order valence-electron chi connectivity index (χ3n) is 5.03. The van der Waals surface area contributed by atoms with E-state index in [0.717, 1.165) is 31.2 Å². The van der Waals surface area contributed by atoms with Crippen molar-refractivity contribution in [2.24, 2.45) is 5.41 Å². The molecule has 3 aliphatic carbocycles. The molecule has 1 unspecified atom stereocenters. The number of hydrogen-bond donors (Lipinski definition) is 1. The van der Waals surface area contributed by atoms with Crippen LogP contribution in [0.5, 0.6) is 0 Å². The van der Waals surface area contributed by atoms with Gasteiger partial charge in [-0.2, -0.15) is 0 Å². The summed E-state index contributed by atoms with van der Waals surface area (Å²) in [6.45, 7) is 2.13. The molecule has 1 fully saturated rings. The van der Waals surface area contributed by atoms with Gasteiger partial charge in [-0.25, -0.2) is 4.79 Å². The van der Waals surface area contributed by atoms with Crippen LogP contribution in [-0.4, -0.2) is 23.8 Å². The number of rotatable bonds is 5. The number of benzene rings is 1. The SMILES string of the molecule is COC(OC12CCC(C)(C=C1C(=O)O)CC2)c1ccccc1. The zero-order valence-electron chi connectivity index (χ0n) is 13.0. The van der Waals surface area contributed by atoms with E-state index in [1.807, 2.05) is 36.4 Å². The molecule has 0 heterocycles. The van der Waals surface area contributed by atoms with Gasteiger partial charge in [0.1, 0.15) is 5.60 Å². The lowest BCUT2D eigenvalue weighted by molar-refractivity contribution is -0.211. The molecule has 0 amide bonds. The van der Waals surface area contributed by atoms with Crippen LogP contribution in [0.4, 0.5) is 0 Å². The van der Waals surface area contributed by atoms with E-state index in [2.05, 4.69) is 6.92 Å². The fourth-order valence-corrected chi connectivity index (χ4v) is 3.62. The molecule has 22 heavy (non-hydrogen) atoms. The Morgan fingerprint density at radius 3 is 2.36 bits per heavy atom. The minimum absolute atomic E-state index is 0.00580. The number of carboxylic acids is 1. The van der Waals surface area contributed by atoms with Crippen LogP contribution in [0.3, 0.4) is 0 Å². The molecule has 118 valence electrons. The van der Waals surface area contributed by atoms with Gasteiger partial charge < -0.3 is 14.6 Å². The van der Waals surface area contributed by atoms with Gasteiger partial charge in [-0.05, 0) is 31.1 Å². The minimum atomic E-state index is -0.881. The highest BCUT2D eigenvalue weighted by atomic mass is 16.7. The molecule has 0 aromatic heterocycles. The van der Waals surface area contributed by atoms with Crippen LogP contribution in [0, 0.1) is 5.41 Å². The van der Waals surface area contributed by atoms with E-state index in [1.165, 1.54) is 0 Å². The summed E-state index contributed by atoms with van der Waals surface area (Å²) in [5.74, 6) is -0.881. The van der Waals surface area contributed by atoms with Gasteiger partial charge in [0.2, 0.25) is 0 Å². The molecule has 4 nitrogen and oxygen atoms in total. The van der Waals surface area contributed by atoms with E-state index in [0.29, 0.717) is 5.57 Å². The summed E-state index contributed by atoms with van der Waals surface area (Å²) >= 11 is 0. The fraction of sp³-hybridized carbons (Fsp3) is 0.500. The van der Waals surface area contributed by atoms with Crippen LogP contribution in [0.25, 0.3) is 0 Å². The second-order valence-electron chi connectivity index (χ2n) is 6.61. The highest BCUT2D eigenvalue weighted by Crippen LogP contribution is 2.54. The Bertz CT molecular complexity index is 582. The van der Waals surface area contributed by atoms with Crippen molar-refractivity contribution in [2.75, 3.05) is 7.11 Å². The van der Waals surface area contributed by atoms with Gasteiger partial charge >= 0.3 is 5.97 Å². The number of fused-ring (bicyclic) bond motifs is 2. The predicted molar refractivity (Wildman–Crippen MR) is 82.3 cm³/mol. The van der Waals surface area contributed by atoms with E-state index in [9.17, 15) is 9.90 Å². The first-order valence-electron chi connectivity index (χ1n) is 7.70. The Hall–Kier alpha value is -1.65. The molecule has 1 saturated carbocycles. The molecular weight excluding hydrogens is 280 g/mol. The summed E-state index contributed by atoms with van der Waals surface area (Å²) in [6, 6.07) is 9.66. The van der Waals surface area contributed by atoms with Crippen molar-refractivity contribution in [2.45, 2.75) is 44.5 Å². The third-order valence-corrected chi connectivity index (χ3v) is 5.03. The van der Waals surface area contributed by atoms with Gasteiger partial charge in [-0.3, -0.25) is 0 Å². The summed E-state index contributed by atoms with van der Waals surface area (Å²) < 4.78 is 11.7. The number of carbonyl (C=O) groups is 1. The topological polar surface area (TPSA) is 55.8 Å². The van der Waals surface area contributed by atoms with Crippen molar-refractivity contribution in [3.05, 3.63) is 47.5 Å². The van der Waals surface area contributed by atoms with Crippen LogP contribution in [-0.2, 0) is 14.3 Å². The smallest absolute Gasteiger partial charge is 0.334 e. The Kier molecular flexibility index (Phi) is 3.83. The van der Waals surface area contributed by atoms with Crippen molar-refractivity contribution in [1.29, 1.82) is 0 Å². The number of carboxylic acid groups (broad SMARTS) is 1. The maximum Gasteiger partial charge on any atom is 0.334 e. The first-order valence-corrected chi connectivity index (χ1v) is 7.70. The largest absolute Gasteiger partial charge is 0.478 e. The van der Waals surface area contributed by atoms with Crippen LogP contribution >= 0.6 is 0 Å². The summed E-state index contributed by atoms with van der Waals surface area (Å²) in [5.41, 5.74) is 0.558. The molecule has 0 spiro atoms. The molecule has 4 rings (SSSR count). The average molecular weight is 302 g/mol. The predicted octanol–water partition coefficient (Wildman–Crippen LogP) is 3.69. The first kappa shape index (κ1) is 15.3. The molecule has 4 heteroatoms. The number of hydrogen-bond acceptors (Lipinski definition) is 3. The lowest BCUT2D eigenvalue weighted by Crippen LogP contribution is -2.49. The van der Waals surface area contributed by atoms with Gasteiger partial charge in [-0.1, -0.05) is 43.3 Å². The Morgan fingerprint density at radius 1 is 1.18 bits per heavy atom. The summed E-state index contributed by atoms with van der Waals surface area (Å²) in [7, 11) is 1.59.